The highest BCUT2D eigenvalue weighted by Crippen LogP contribution is 2.14. The molecule has 8 heteroatoms. The average Bonchev–Trinajstić information content (AvgIpc) is 2.97. The second-order valence-electron chi connectivity index (χ2n) is 5.38. The third-order valence-corrected chi connectivity index (χ3v) is 3.54. The molecular weight excluding hydrogens is 310 g/mol. The normalized spacial score (nSPS) is 10.7. The molecule has 1 aromatic carbocycles. The molecule has 0 amide bonds. The Bertz CT molecular complexity index is 956. The highest BCUT2D eigenvalue weighted by Gasteiger charge is 2.13. The van der Waals surface area contributed by atoms with E-state index < -0.39 is 11.2 Å². The molecule has 0 atom stereocenters. The van der Waals surface area contributed by atoms with Crippen molar-refractivity contribution in [2.75, 3.05) is 11.1 Å². The number of aromatic nitrogens is 3. The topological polar surface area (TPSA) is 119 Å². The number of benzene rings is 1. The van der Waals surface area contributed by atoms with Crippen molar-refractivity contribution >= 4 is 11.5 Å². The largest absolute Gasteiger partial charge is 0.383 e. The van der Waals surface area contributed by atoms with Gasteiger partial charge in [0.1, 0.15) is 11.5 Å². The van der Waals surface area contributed by atoms with E-state index in [9.17, 15) is 9.59 Å². The molecule has 0 fully saturated rings. The molecule has 0 aliphatic carbocycles. The molecule has 0 aliphatic rings. The molecule has 2 heterocycles. The predicted molar refractivity (Wildman–Crippen MR) is 89.8 cm³/mol. The Balaban J connectivity index is 1.90. The lowest BCUT2D eigenvalue weighted by Gasteiger charge is -2.13. The van der Waals surface area contributed by atoms with Gasteiger partial charge in [-0.2, -0.15) is 0 Å². The van der Waals surface area contributed by atoms with Crippen LogP contribution in [0.3, 0.4) is 0 Å². The number of nitrogens with two attached hydrogens (primary N) is 1. The Morgan fingerprint density at radius 2 is 2.04 bits per heavy atom. The molecule has 0 unspecified atom stereocenters. The van der Waals surface area contributed by atoms with E-state index in [4.69, 9.17) is 10.3 Å². The van der Waals surface area contributed by atoms with Crippen LogP contribution in [0.15, 0.2) is 50.5 Å². The second-order valence-corrected chi connectivity index (χ2v) is 5.38. The van der Waals surface area contributed by atoms with E-state index in [2.05, 4.69) is 15.5 Å². The van der Waals surface area contributed by atoms with Crippen LogP contribution in [0.1, 0.15) is 17.0 Å². The second kappa shape index (κ2) is 6.45. The molecule has 0 radical (unpaired) electrons. The number of nitrogen functional groups attached to an aromatic ring is 1. The zero-order chi connectivity index (χ0) is 17.1. The molecule has 2 aromatic heterocycles. The van der Waals surface area contributed by atoms with Crippen molar-refractivity contribution in [1.82, 2.24) is 14.7 Å². The smallest absolute Gasteiger partial charge is 0.330 e. The predicted octanol–water partition coefficient (Wildman–Crippen LogP) is 1.08. The summed E-state index contributed by atoms with van der Waals surface area (Å²) in [5, 5.41) is 6.68. The van der Waals surface area contributed by atoms with E-state index in [1.807, 2.05) is 30.3 Å². The van der Waals surface area contributed by atoms with Crippen LogP contribution >= 0.6 is 0 Å². The van der Waals surface area contributed by atoms with E-state index >= 15 is 0 Å². The number of hydrogen-bond donors (Lipinski definition) is 3. The van der Waals surface area contributed by atoms with Crippen LogP contribution in [0, 0.1) is 6.92 Å². The summed E-state index contributed by atoms with van der Waals surface area (Å²) in [5.74, 6) is 0.635. The molecule has 3 aromatic rings. The van der Waals surface area contributed by atoms with E-state index in [1.165, 1.54) is 4.57 Å². The minimum atomic E-state index is -0.571. The zero-order valence-electron chi connectivity index (χ0n) is 13.1. The number of anilines is 2. The fourth-order valence-corrected chi connectivity index (χ4v) is 2.36. The molecule has 0 aliphatic heterocycles. The highest BCUT2D eigenvalue weighted by molar-refractivity contribution is 5.60. The van der Waals surface area contributed by atoms with Crippen LogP contribution in [-0.2, 0) is 13.1 Å². The molecule has 0 bridgehead atoms. The first-order valence-corrected chi connectivity index (χ1v) is 7.37. The van der Waals surface area contributed by atoms with Gasteiger partial charge in [-0.1, -0.05) is 35.5 Å². The summed E-state index contributed by atoms with van der Waals surface area (Å²) in [5.41, 5.74) is 6.67. The molecular formula is C16H17N5O3. The standard InChI is InChI=1S/C16H17N5O3/c1-10-7-12(24-20-10)8-18-13-14(17)21(16(23)19-15(13)22)9-11-5-3-2-4-6-11/h2-7,18H,8-9,17H2,1H3,(H,19,22,23). The Morgan fingerprint density at radius 3 is 2.71 bits per heavy atom. The average molecular weight is 327 g/mol. The van der Waals surface area contributed by atoms with Crippen LogP contribution < -0.4 is 22.3 Å². The summed E-state index contributed by atoms with van der Waals surface area (Å²) in [6, 6.07) is 11.1. The Hall–Kier alpha value is -3.29. The van der Waals surface area contributed by atoms with E-state index in [0.29, 0.717) is 5.76 Å². The minimum absolute atomic E-state index is 0.0730. The lowest BCUT2D eigenvalue weighted by Crippen LogP contribution is -2.34. The lowest BCUT2D eigenvalue weighted by molar-refractivity contribution is 0.384. The molecule has 8 nitrogen and oxygen atoms in total. The van der Waals surface area contributed by atoms with Crippen LogP contribution in [0.25, 0.3) is 0 Å². The van der Waals surface area contributed by atoms with Gasteiger partial charge in [0.15, 0.2) is 5.76 Å². The monoisotopic (exact) mass is 327 g/mol. The molecule has 0 spiro atoms. The van der Waals surface area contributed by atoms with Gasteiger partial charge < -0.3 is 15.6 Å². The summed E-state index contributed by atoms with van der Waals surface area (Å²) in [4.78, 5) is 26.4. The maximum Gasteiger partial charge on any atom is 0.330 e. The van der Waals surface area contributed by atoms with Crippen molar-refractivity contribution in [3.63, 3.8) is 0 Å². The van der Waals surface area contributed by atoms with E-state index in [0.717, 1.165) is 11.3 Å². The number of hydrogen-bond acceptors (Lipinski definition) is 6. The Kier molecular flexibility index (Phi) is 4.19. The van der Waals surface area contributed by atoms with Crippen LogP contribution in [-0.4, -0.2) is 14.7 Å². The SMILES string of the molecule is Cc1cc(CNc2c(N)n(Cc3ccccc3)c(=O)[nH]c2=O)on1. The summed E-state index contributed by atoms with van der Waals surface area (Å²) >= 11 is 0. The van der Waals surface area contributed by atoms with Gasteiger partial charge in [-0.25, -0.2) is 4.79 Å². The first-order chi connectivity index (χ1) is 11.5. The highest BCUT2D eigenvalue weighted by atomic mass is 16.5. The van der Waals surface area contributed by atoms with Crippen molar-refractivity contribution in [3.05, 3.63) is 74.3 Å². The van der Waals surface area contributed by atoms with Crippen LogP contribution in [0.4, 0.5) is 11.5 Å². The minimum Gasteiger partial charge on any atom is -0.383 e. The van der Waals surface area contributed by atoms with Gasteiger partial charge in [-0.05, 0) is 12.5 Å². The maximum absolute atomic E-state index is 12.1. The first kappa shape index (κ1) is 15.6. The van der Waals surface area contributed by atoms with Gasteiger partial charge in [-0.3, -0.25) is 14.3 Å². The summed E-state index contributed by atoms with van der Waals surface area (Å²) in [6.07, 6.45) is 0. The quantitative estimate of drug-likeness (QED) is 0.645. The number of aryl methyl sites for hydroxylation is 1. The van der Waals surface area contributed by atoms with Gasteiger partial charge in [0.2, 0.25) is 0 Å². The van der Waals surface area contributed by atoms with Gasteiger partial charge in [-0.15, -0.1) is 0 Å². The number of rotatable bonds is 5. The number of aromatic amines is 1. The number of nitrogens with one attached hydrogen (secondary N) is 2. The van der Waals surface area contributed by atoms with Crippen LogP contribution in [0.5, 0.6) is 0 Å². The van der Waals surface area contributed by atoms with Gasteiger partial charge in [0.05, 0.1) is 18.8 Å². The van der Waals surface area contributed by atoms with Crippen molar-refractivity contribution < 1.29 is 4.52 Å². The Morgan fingerprint density at radius 1 is 1.29 bits per heavy atom. The van der Waals surface area contributed by atoms with E-state index in [1.54, 1.807) is 13.0 Å². The van der Waals surface area contributed by atoms with Gasteiger partial charge >= 0.3 is 5.69 Å². The fourth-order valence-electron chi connectivity index (χ4n) is 2.36. The molecule has 3 rings (SSSR count). The van der Waals surface area contributed by atoms with Crippen molar-refractivity contribution in [2.24, 2.45) is 0 Å². The first-order valence-electron chi connectivity index (χ1n) is 7.37. The third-order valence-electron chi connectivity index (χ3n) is 3.54. The van der Waals surface area contributed by atoms with Gasteiger partial charge in [0, 0.05) is 6.07 Å². The summed E-state index contributed by atoms with van der Waals surface area (Å²) in [6.45, 7) is 2.30. The van der Waals surface area contributed by atoms with Crippen LogP contribution in [0.2, 0.25) is 0 Å². The lowest BCUT2D eigenvalue weighted by atomic mass is 10.2. The van der Waals surface area contributed by atoms with Crippen molar-refractivity contribution in [1.29, 1.82) is 0 Å². The number of H-pyrrole nitrogens is 1. The molecule has 4 N–H and O–H groups in total. The zero-order valence-corrected chi connectivity index (χ0v) is 13.1. The summed E-state index contributed by atoms with van der Waals surface area (Å²) in [7, 11) is 0. The maximum atomic E-state index is 12.1. The molecule has 124 valence electrons. The van der Waals surface area contributed by atoms with Crippen molar-refractivity contribution in [2.45, 2.75) is 20.0 Å². The number of nitrogens with zero attached hydrogens (tertiary/aromatic N) is 2. The molecule has 0 saturated carbocycles. The molecule has 24 heavy (non-hydrogen) atoms. The van der Waals surface area contributed by atoms with Crippen molar-refractivity contribution in [3.8, 4) is 0 Å². The third kappa shape index (κ3) is 3.22. The Labute approximate surface area is 136 Å². The van der Waals surface area contributed by atoms with E-state index in [-0.39, 0.29) is 24.6 Å². The molecule has 0 saturated heterocycles. The summed E-state index contributed by atoms with van der Waals surface area (Å²) < 4.78 is 6.39. The van der Waals surface area contributed by atoms with Gasteiger partial charge in [0.25, 0.3) is 5.56 Å². The fraction of sp³-hybridized carbons (Fsp3) is 0.188.